The maximum absolute atomic E-state index is 12.7. The van der Waals surface area contributed by atoms with Gasteiger partial charge < -0.3 is 9.88 Å². The van der Waals surface area contributed by atoms with E-state index < -0.39 is 0 Å². The van der Waals surface area contributed by atoms with Crippen molar-refractivity contribution < 1.29 is 4.79 Å². The van der Waals surface area contributed by atoms with E-state index in [1.54, 1.807) is 4.52 Å². The molecule has 0 aliphatic carbocycles. The fourth-order valence-electron chi connectivity index (χ4n) is 3.88. The second kappa shape index (κ2) is 7.33. The van der Waals surface area contributed by atoms with Crippen LogP contribution in [-0.2, 0) is 13.0 Å². The molecule has 152 valence electrons. The number of fused-ring (bicyclic) bond motifs is 2. The molecular formula is C21H22N8O. The molecule has 1 amide bonds. The van der Waals surface area contributed by atoms with Gasteiger partial charge in [0.25, 0.3) is 11.7 Å². The summed E-state index contributed by atoms with van der Waals surface area (Å²) < 4.78 is 3.76. The lowest BCUT2D eigenvalue weighted by Gasteiger charge is -2.09. The zero-order valence-electron chi connectivity index (χ0n) is 17.0. The molecule has 1 aliphatic rings. The van der Waals surface area contributed by atoms with Crippen LogP contribution < -0.4 is 5.32 Å². The third kappa shape index (κ3) is 3.32. The predicted molar refractivity (Wildman–Crippen MR) is 111 cm³/mol. The lowest BCUT2D eigenvalue weighted by atomic mass is 10.2. The number of aryl methyl sites for hydroxylation is 3. The number of nitrogens with one attached hydrogen (secondary N) is 1. The molecule has 30 heavy (non-hydrogen) atoms. The molecule has 9 heteroatoms. The zero-order chi connectivity index (χ0) is 20.7. The minimum absolute atomic E-state index is 0.0814. The largest absolute Gasteiger partial charge is 0.319 e. The highest BCUT2D eigenvalue weighted by Gasteiger charge is 2.18. The summed E-state index contributed by atoms with van der Waals surface area (Å²) in [5, 5.41) is 15.9. The van der Waals surface area contributed by atoms with E-state index >= 15 is 0 Å². The van der Waals surface area contributed by atoms with Gasteiger partial charge in [-0.3, -0.25) is 4.79 Å². The van der Waals surface area contributed by atoms with Crippen molar-refractivity contribution in [3.63, 3.8) is 0 Å². The normalized spacial score (nSPS) is 13.8. The van der Waals surface area contributed by atoms with Crippen LogP contribution in [0.4, 0.5) is 5.69 Å². The second-order valence-corrected chi connectivity index (χ2v) is 7.62. The van der Waals surface area contributed by atoms with Crippen LogP contribution in [0.25, 0.3) is 17.2 Å². The quantitative estimate of drug-likeness (QED) is 0.565. The summed E-state index contributed by atoms with van der Waals surface area (Å²) in [6.07, 6.45) is 4.43. The van der Waals surface area contributed by atoms with Gasteiger partial charge in [0.15, 0.2) is 5.82 Å². The van der Waals surface area contributed by atoms with Crippen LogP contribution in [0.1, 0.15) is 47.1 Å². The zero-order valence-corrected chi connectivity index (χ0v) is 17.0. The first-order valence-electron chi connectivity index (χ1n) is 10.1. The number of aromatic nitrogens is 7. The lowest BCUT2D eigenvalue weighted by molar-refractivity contribution is 0.101. The summed E-state index contributed by atoms with van der Waals surface area (Å²) >= 11 is 0. The van der Waals surface area contributed by atoms with Crippen LogP contribution in [0.5, 0.6) is 0 Å². The summed E-state index contributed by atoms with van der Waals surface area (Å²) in [5.74, 6) is 1.98. The molecule has 0 saturated heterocycles. The van der Waals surface area contributed by atoms with E-state index in [1.165, 1.54) is 6.42 Å². The Morgan fingerprint density at radius 3 is 2.87 bits per heavy atom. The smallest absolute Gasteiger partial charge is 0.295 e. The van der Waals surface area contributed by atoms with Gasteiger partial charge in [-0.2, -0.15) is 4.98 Å². The number of anilines is 1. The molecule has 1 aliphatic heterocycles. The minimum Gasteiger partial charge on any atom is -0.319 e. The third-order valence-electron chi connectivity index (χ3n) is 5.31. The van der Waals surface area contributed by atoms with Crippen molar-refractivity contribution in [2.24, 2.45) is 0 Å². The Bertz CT molecular complexity index is 1260. The fourth-order valence-corrected chi connectivity index (χ4v) is 3.88. The van der Waals surface area contributed by atoms with Gasteiger partial charge in [-0.25, -0.2) is 9.50 Å². The molecular weight excluding hydrogens is 380 g/mol. The monoisotopic (exact) mass is 402 g/mol. The van der Waals surface area contributed by atoms with Crippen molar-refractivity contribution in [3.05, 3.63) is 53.4 Å². The number of rotatable bonds is 3. The molecule has 4 heterocycles. The number of hydrogen-bond acceptors (Lipinski definition) is 6. The van der Waals surface area contributed by atoms with Crippen LogP contribution >= 0.6 is 0 Å². The molecule has 0 saturated carbocycles. The molecule has 0 unspecified atom stereocenters. The minimum atomic E-state index is -0.380. The Labute approximate surface area is 173 Å². The number of benzene rings is 1. The highest BCUT2D eigenvalue weighted by atomic mass is 16.2. The van der Waals surface area contributed by atoms with E-state index in [0.29, 0.717) is 11.5 Å². The summed E-state index contributed by atoms with van der Waals surface area (Å²) in [7, 11) is 0. The topological polar surface area (TPSA) is 103 Å². The highest BCUT2D eigenvalue weighted by molar-refractivity contribution is 6.02. The number of nitrogens with zero attached hydrogens (tertiary/aromatic N) is 7. The van der Waals surface area contributed by atoms with Crippen molar-refractivity contribution in [1.82, 2.24) is 34.3 Å². The fraction of sp³-hybridized carbons (Fsp3) is 0.333. The van der Waals surface area contributed by atoms with Crippen molar-refractivity contribution in [2.45, 2.75) is 46.1 Å². The molecule has 3 aromatic heterocycles. The molecule has 1 N–H and O–H groups in total. The van der Waals surface area contributed by atoms with Gasteiger partial charge >= 0.3 is 0 Å². The number of carbonyl (C=O) groups excluding carboxylic acids is 1. The van der Waals surface area contributed by atoms with Gasteiger partial charge in [0.05, 0.1) is 0 Å². The van der Waals surface area contributed by atoms with Gasteiger partial charge in [0, 0.05) is 35.6 Å². The molecule has 0 radical (unpaired) electrons. The van der Waals surface area contributed by atoms with E-state index in [4.69, 9.17) is 0 Å². The maximum Gasteiger partial charge on any atom is 0.295 e. The Hall–Kier alpha value is -3.62. The van der Waals surface area contributed by atoms with E-state index in [-0.39, 0.29) is 11.7 Å². The number of hydrogen-bond donors (Lipinski definition) is 1. The molecule has 0 spiro atoms. The van der Waals surface area contributed by atoms with Gasteiger partial charge in [-0.05, 0) is 44.9 Å². The lowest BCUT2D eigenvalue weighted by Crippen LogP contribution is -2.14. The number of amides is 1. The summed E-state index contributed by atoms with van der Waals surface area (Å²) in [6, 6.07) is 9.52. The van der Waals surface area contributed by atoms with Gasteiger partial charge in [-0.15, -0.1) is 15.3 Å². The van der Waals surface area contributed by atoms with Gasteiger partial charge in [-0.1, -0.05) is 18.6 Å². The van der Waals surface area contributed by atoms with Gasteiger partial charge in [0.1, 0.15) is 5.82 Å². The Morgan fingerprint density at radius 2 is 1.97 bits per heavy atom. The van der Waals surface area contributed by atoms with Crippen molar-refractivity contribution in [3.8, 4) is 11.4 Å². The molecule has 4 aromatic rings. The van der Waals surface area contributed by atoms with Crippen LogP contribution in [0.3, 0.4) is 0 Å². The molecule has 5 rings (SSSR count). The Kier molecular flexibility index (Phi) is 4.50. The molecule has 9 nitrogen and oxygen atoms in total. The van der Waals surface area contributed by atoms with E-state index in [1.807, 2.05) is 44.2 Å². The molecule has 0 bridgehead atoms. The summed E-state index contributed by atoms with van der Waals surface area (Å²) in [6.45, 7) is 4.71. The average Bonchev–Trinajstić information content (AvgIpc) is 3.26. The first-order chi connectivity index (χ1) is 14.6. The van der Waals surface area contributed by atoms with Crippen LogP contribution in [0.2, 0.25) is 0 Å². The van der Waals surface area contributed by atoms with Crippen molar-refractivity contribution in [1.29, 1.82) is 0 Å². The highest BCUT2D eigenvalue weighted by Crippen LogP contribution is 2.25. The average molecular weight is 402 g/mol. The van der Waals surface area contributed by atoms with Crippen LogP contribution in [-0.4, -0.2) is 40.3 Å². The second-order valence-electron chi connectivity index (χ2n) is 7.62. The maximum atomic E-state index is 12.7. The van der Waals surface area contributed by atoms with Crippen LogP contribution in [0.15, 0.2) is 30.3 Å². The van der Waals surface area contributed by atoms with E-state index in [2.05, 4.69) is 35.1 Å². The molecule has 0 fully saturated rings. The van der Waals surface area contributed by atoms with E-state index in [0.717, 1.165) is 54.4 Å². The summed E-state index contributed by atoms with van der Waals surface area (Å²) in [4.78, 5) is 21.4. The SMILES string of the molecule is Cc1cc(C)n2nc(C(=O)Nc3cccc(-c4nnc5n4CCCCC5)c3)nc2n1. The Morgan fingerprint density at radius 1 is 1.07 bits per heavy atom. The van der Waals surface area contributed by atoms with Crippen LogP contribution in [0, 0.1) is 13.8 Å². The van der Waals surface area contributed by atoms with Gasteiger partial charge in [0.2, 0.25) is 5.82 Å². The molecule has 0 atom stereocenters. The van der Waals surface area contributed by atoms with Crippen molar-refractivity contribution >= 4 is 17.4 Å². The first kappa shape index (κ1) is 18.4. The van der Waals surface area contributed by atoms with E-state index in [9.17, 15) is 4.79 Å². The standard InChI is InChI=1S/C21H22N8O/c1-13-11-14(2)29-21(22-13)24-18(27-29)20(30)23-16-8-6-7-15(12-16)19-26-25-17-9-4-3-5-10-28(17)19/h6-8,11-12H,3-5,9-10H2,1-2H3,(H,23,30). The predicted octanol–water partition coefficient (Wildman–Crippen LogP) is 2.98. The summed E-state index contributed by atoms with van der Waals surface area (Å²) in [5.41, 5.74) is 3.28. The number of carbonyl (C=O) groups is 1. The molecule has 1 aromatic carbocycles. The Balaban J connectivity index is 1.42. The van der Waals surface area contributed by atoms with Crippen molar-refractivity contribution in [2.75, 3.05) is 5.32 Å². The third-order valence-corrected chi connectivity index (χ3v) is 5.31. The first-order valence-corrected chi connectivity index (χ1v) is 10.1.